The highest BCUT2D eigenvalue weighted by Gasteiger charge is 2.18. The van der Waals surface area contributed by atoms with Crippen LogP contribution in [0.25, 0.3) is 38.8 Å². The van der Waals surface area contributed by atoms with E-state index in [2.05, 4.69) is 81.0 Å². The molecule has 0 bridgehead atoms. The molecule has 3 heteroatoms. The maximum Gasteiger partial charge on any atom is 0.220 e. The summed E-state index contributed by atoms with van der Waals surface area (Å²) in [5.41, 5.74) is 6.28. The van der Waals surface area contributed by atoms with E-state index in [4.69, 9.17) is 4.42 Å². The maximum atomic E-state index is 6.27. The molecule has 5 rings (SSSR count). The van der Waals surface area contributed by atoms with Gasteiger partial charge in [-0.25, -0.2) is 0 Å². The van der Waals surface area contributed by atoms with Gasteiger partial charge < -0.3 is 4.42 Å². The molecule has 0 aliphatic heterocycles. The Kier molecular flexibility index (Phi) is 2.67. The second-order valence-corrected chi connectivity index (χ2v) is 6.39. The van der Waals surface area contributed by atoms with Gasteiger partial charge in [-0.1, -0.05) is 60.7 Å². The number of rotatable bonds is 1. The minimum absolute atomic E-state index is 0.851. The van der Waals surface area contributed by atoms with Gasteiger partial charge in [0.05, 0.1) is 15.5 Å². The Hall–Kier alpha value is -2.52. The summed E-state index contributed by atoms with van der Waals surface area (Å²) >= 11 is 3.70. The first-order chi connectivity index (χ1) is 11.3. The van der Waals surface area contributed by atoms with Crippen LogP contribution >= 0.6 is 15.9 Å². The van der Waals surface area contributed by atoms with Crippen molar-refractivity contribution in [1.82, 2.24) is 4.40 Å². The molecule has 3 aromatic carbocycles. The van der Waals surface area contributed by atoms with Gasteiger partial charge in [0.15, 0.2) is 5.58 Å². The average molecular weight is 362 g/mol. The van der Waals surface area contributed by atoms with Crippen molar-refractivity contribution in [2.45, 2.75) is 0 Å². The first kappa shape index (κ1) is 13.0. The van der Waals surface area contributed by atoms with Crippen molar-refractivity contribution in [3.8, 4) is 11.1 Å². The third-order valence-electron chi connectivity index (χ3n) is 4.29. The molecular weight excluding hydrogens is 350 g/mol. The molecule has 0 aliphatic carbocycles. The van der Waals surface area contributed by atoms with Crippen LogP contribution in [-0.2, 0) is 0 Å². The highest BCUT2D eigenvalue weighted by Crippen LogP contribution is 2.38. The molecule has 0 radical (unpaired) electrons. The van der Waals surface area contributed by atoms with E-state index < -0.39 is 0 Å². The summed E-state index contributed by atoms with van der Waals surface area (Å²) in [7, 11) is 0. The van der Waals surface area contributed by atoms with Crippen LogP contribution in [0.4, 0.5) is 0 Å². The SMILES string of the molecule is Brc1c2ccccc2n2c1oc1c(-c3ccccc3)cccc12. The Balaban J connectivity index is 1.97. The number of benzene rings is 3. The summed E-state index contributed by atoms with van der Waals surface area (Å²) in [5.74, 6) is 0. The molecule has 0 N–H and O–H groups in total. The predicted molar refractivity (Wildman–Crippen MR) is 97.8 cm³/mol. The van der Waals surface area contributed by atoms with Crippen molar-refractivity contribution in [3.05, 3.63) is 77.3 Å². The largest absolute Gasteiger partial charge is 0.436 e. The molecular formula is C20H12BrNO. The number of nitrogens with zero attached hydrogens (tertiary/aromatic N) is 1. The smallest absolute Gasteiger partial charge is 0.220 e. The van der Waals surface area contributed by atoms with Crippen molar-refractivity contribution < 1.29 is 4.42 Å². The normalized spacial score (nSPS) is 11.7. The van der Waals surface area contributed by atoms with Gasteiger partial charge in [0.25, 0.3) is 0 Å². The summed E-state index contributed by atoms with van der Waals surface area (Å²) in [6, 6.07) is 25.0. The fourth-order valence-corrected chi connectivity index (χ4v) is 3.85. The van der Waals surface area contributed by atoms with Crippen LogP contribution in [-0.4, -0.2) is 4.40 Å². The average Bonchev–Trinajstić information content (AvgIpc) is 3.12. The number of fused-ring (bicyclic) bond motifs is 5. The van der Waals surface area contributed by atoms with Gasteiger partial charge >= 0.3 is 0 Å². The fraction of sp³-hybridized carbons (Fsp3) is 0. The lowest BCUT2D eigenvalue weighted by Crippen LogP contribution is -1.82. The summed E-state index contributed by atoms with van der Waals surface area (Å²) in [6.45, 7) is 0. The Labute approximate surface area is 141 Å². The van der Waals surface area contributed by atoms with Crippen LogP contribution in [0.15, 0.2) is 81.7 Å². The van der Waals surface area contributed by atoms with Crippen molar-refractivity contribution >= 4 is 43.6 Å². The van der Waals surface area contributed by atoms with Crippen LogP contribution < -0.4 is 0 Å². The molecule has 0 saturated carbocycles. The number of hydrogen-bond acceptors (Lipinski definition) is 1. The number of para-hydroxylation sites is 2. The summed E-state index contributed by atoms with van der Waals surface area (Å²) in [4.78, 5) is 0. The molecule has 5 aromatic rings. The molecule has 0 atom stereocenters. The lowest BCUT2D eigenvalue weighted by Gasteiger charge is -2.02. The molecule has 23 heavy (non-hydrogen) atoms. The number of aromatic nitrogens is 1. The van der Waals surface area contributed by atoms with Gasteiger partial charge in [-0.3, -0.25) is 4.40 Å². The second-order valence-electron chi connectivity index (χ2n) is 5.59. The van der Waals surface area contributed by atoms with Crippen molar-refractivity contribution in [3.63, 3.8) is 0 Å². The summed E-state index contributed by atoms with van der Waals surface area (Å²) in [6.07, 6.45) is 0. The molecule has 0 fully saturated rings. The monoisotopic (exact) mass is 361 g/mol. The zero-order valence-corrected chi connectivity index (χ0v) is 13.7. The molecule has 0 spiro atoms. The van der Waals surface area contributed by atoms with Gasteiger partial charge in [0, 0.05) is 10.9 Å². The van der Waals surface area contributed by atoms with E-state index in [1.807, 2.05) is 12.1 Å². The van der Waals surface area contributed by atoms with Gasteiger partial charge in [-0.15, -0.1) is 0 Å². The second kappa shape index (κ2) is 4.74. The first-order valence-electron chi connectivity index (χ1n) is 7.50. The van der Waals surface area contributed by atoms with Crippen LogP contribution in [0.3, 0.4) is 0 Å². The van der Waals surface area contributed by atoms with Crippen molar-refractivity contribution in [1.29, 1.82) is 0 Å². The van der Waals surface area contributed by atoms with Crippen molar-refractivity contribution in [2.24, 2.45) is 0 Å². The van der Waals surface area contributed by atoms with Crippen LogP contribution in [0.2, 0.25) is 0 Å². The van der Waals surface area contributed by atoms with Crippen LogP contribution in [0.5, 0.6) is 0 Å². The predicted octanol–water partition coefficient (Wildman–Crippen LogP) is 6.27. The zero-order valence-electron chi connectivity index (χ0n) is 12.2. The Bertz CT molecular complexity index is 1170. The van der Waals surface area contributed by atoms with E-state index in [1.54, 1.807) is 0 Å². The van der Waals surface area contributed by atoms with Gasteiger partial charge in [0.2, 0.25) is 5.71 Å². The Morgan fingerprint density at radius 3 is 2.35 bits per heavy atom. The van der Waals surface area contributed by atoms with Gasteiger partial charge in [-0.05, 0) is 33.6 Å². The standard InChI is InChI=1S/C20H12BrNO/c21-18-15-9-4-5-11-16(15)22-17-12-6-10-14(19(17)23-20(18)22)13-7-2-1-3-8-13/h1-12H. The number of oxazole rings is 1. The maximum absolute atomic E-state index is 6.27. The van der Waals surface area contributed by atoms with Crippen LogP contribution in [0.1, 0.15) is 0 Å². The minimum atomic E-state index is 0.851. The molecule has 2 aromatic heterocycles. The molecule has 0 saturated heterocycles. The van der Waals surface area contributed by atoms with E-state index in [0.717, 1.165) is 37.9 Å². The molecule has 0 amide bonds. The topological polar surface area (TPSA) is 17.6 Å². The Morgan fingerprint density at radius 2 is 1.48 bits per heavy atom. The van der Waals surface area contributed by atoms with E-state index in [-0.39, 0.29) is 0 Å². The molecule has 0 aliphatic rings. The summed E-state index contributed by atoms with van der Waals surface area (Å²) in [5, 5.41) is 1.17. The lowest BCUT2D eigenvalue weighted by molar-refractivity contribution is 0.656. The van der Waals surface area contributed by atoms with Gasteiger partial charge in [-0.2, -0.15) is 0 Å². The third kappa shape index (κ3) is 1.74. The molecule has 2 nitrogen and oxygen atoms in total. The molecule has 0 unspecified atom stereocenters. The fourth-order valence-electron chi connectivity index (χ4n) is 3.26. The number of hydrogen-bond donors (Lipinski definition) is 0. The molecule has 110 valence electrons. The minimum Gasteiger partial charge on any atom is -0.436 e. The van der Waals surface area contributed by atoms with E-state index in [1.165, 1.54) is 5.39 Å². The summed E-state index contributed by atoms with van der Waals surface area (Å²) < 4.78 is 9.45. The highest BCUT2D eigenvalue weighted by atomic mass is 79.9. The van der Waals surface area contributed by atoms with E-state index in [0.29, 0.717) is 0 Å². The number of halogens is 1. The lowest BCUT2D eigenvalue weighted by atomic mass is 10.0. The zero-order chi connectivity index (χ0) is 15.4. The van der Waals surface area contributed by atoms with Crippen molar-refractivity contribution in [2.75, 3.05) is 0 Å². The quantitative estimate of drug-likeness (QED) is 0.344. The first-order valence-corrected chi connectivity index (χ1v) is 8.29. The highest BCUT2D eigenvalue weighted by molar-refractivity contribution is 9.10. The Morgan fingerprint density at radius 1 is 0.739 bits per heavy atom. The third-order valence-corrected chi connectivity index (χ3v) is 5.06. The molecule has 2 heterocycles. The van der Waals surface area contributed by atoms with Crippen LogP contribution in [0, 0.1) is 0 Å². The van der Waals surface area contributed by atoms with E-state index >= 15 is 0 Å². The van der Waals surface area contributed by atoms with Gasteiger partial charge in [0.1, 0.15) is 0 Å². The van der Waals surface area contributed by atoms with E-state index in [9.17, 15) is 0 Å².